The molecule has 0 aliphatic carbocycles. The largest absolute Gasteiger partial charge is 0.244 e. The second-order valence-corrected chi connectivity index (χ2v) is 7.46. The maximum Gasteiger partial charge on any atom is 0.244 e. The first kappa shape index (κ1) is 13.2. The molecule has 2 atom stereocenters. The van der Waals surface area contributed by atoms with Crippen molar-refractivity contribution in [3.8, 4) is 0 Å². The minimum atomic E-state index is -3.45. The van der Waals surface area contributed by atoms with Crippen LogP contribution < -0.4 is 0 Å². The van der Waals surface area contributed by atoms with Crippen molar-refractivity contribution < 1.29 is 8.42 Å². The van der Waals surface area contributed by atoms with E-state index in [0.29, 0.717) is 9.92 Å². The van der Waals surface area contributed by atoms with Crippen LogP contribution in [0.3, 0.4) is 0 Å². The van der Waals surface area contributed by atoms with Crippen LogP contribution in [0, 0.1) is 6.92 Å². The predicted octanol–water partition coefficient (Wildman–Crippen LogP) is 3.13. The summed E-state index contributed by atoms with van der Waals surface area (Å²) in [5, 5.41) is 0.462. The fraction of sp³-hybridized carbons (Fsp3) is 0.429. The maximum absolute atomic E-state index is 12.9. The van der Waals surface area contributed by atoms with Crippen LogP contribution in [0.1, 0.15) is 24.8 Å². The van der Waals surface area contributed by atoms with Crippen LogP contribution in [0.15, 0.2) is 35.2 Å². The molecule has 0 aromatic heterocycles. The van der Waals surface area contributed by atoms with Crippen molar-refractivity contribution in [3.05, 3.63) is 40.9 Å². The average molecular weight is 298 g/mol. The van der Waals surface area contributed by atoms with Crippen molar-refractivity contribution in [3.63, 3.8) is 0 Å². The third-order valence-electron chi connectivity index (χ3n) is 3.95. The first-order valence-electron chi connectivity index (χ1n) is 6.46. The van der Waals surface area contributed by atoms with E-state index in [1.54, 1.807) is 22.5 Å². The number of hydrogen-bond acceptors (Lipinski definition) is 2. The molecule has 19 heavy (non-hydrogen) atoms. The zero-order valence-corrected chi connectivity index (χ0v) is 12.3. The van der Waals surface area contributed by atoms with Gasteiger partial charge in [0.15, 0.2) is 0 Å². The molecule has 3 rings (SSSR count). The molecule has 2 heterocycles. The van der Waals surface area contributed by atoms with E-state index in [1.165, 1.54) is 0 Å². The lowest BCUT2D eigenvalue weighted by atomic mass is 10.2. The van der Waals surface area contributed by atoms with E-state index in [2.05, 4.69) is 6.08 Å². The third kappa shape index (κ3) is 2.12. The highest BCUT2D eigenvalue weighted by Crippen LogP contribution is 2.37. The van der Waals surface area contributed by atoms with E-state index in [4.69, 9.17) is 11.6 Å². The minimum Gasteiger partial charge on any atom is -0.207 e. The van der Waals surface area contributed by atoms with E-state index >= 15 is 0 Å². The summed E-state index contributed by atoms with van der Waals surface area (Å²) in [4.78, 5) is 0.340. The molecule has 3 nitrogen and oxygen atoms in total. The molecular formula is C14H16ClNO2S. The lowest BCUT2D eigenvalue weighted by Crippen LogP contribution is -2.42. The Labute approximate surface area is 118 Å². The van der Waals surface area contributed by atoms with Crippen LogP contribution in [0.5, 0.6) is 0 Å². The summed E-state index contributed by atoms with van der Waals surface area (Å²) in [5.74, 6) is 0. The predicted molar refractivity (Wildman–Crippen MR) is 75.8 cm³/mol. The Kier molecular flexibility index (Phi) is 3.20. The monoisotopic (exact) mass is 297 g/mol. The zero-order chi connectivity index (χ0) is 13.6. The number of aryl methyl sites for hydroxylation is 1. The third-order valence-corrected chi connectivity index (χ3v) is 6.31. The number of nitrogens with zero attached hydrogens (tertiary/aromatic N) is 1. The van der Waals surface area contributed by atoms with Gasteiger partial charge in [0, 0.05) is 17.1 Å². The van der Waals surface area contributed by atoms with Crippen LogP contribution in [0.4, 0.5) is 0 Å². The number of sulfonamides is 1. The zero-order valence-electron chi connectivity index (χ0n) is 10.7. The summed E-state index contributed by atoms with van der Waals surface area (Å²) in [6, 6.07) is 5.17. The number of benzene rings is 1. The Morgan fingerprint density at radius 3 is 2.84 bits per heavy atom. The highest BCUT2D eigenvalue weighted by atomic mass is 35.5. The van der Waals surface area contributed by atoms with Gasteiger partial charge < -0.3 is 0 Å². The summed E-state index contributed by atoms with van der Waals surface area (Å²) < 4.78 is 27.4. The number of rotatable bonds is 2. The van der Waals surface area contributed by atoms with Gasteiger partial charge in [-0.25, -0.2) is 8.42 Å². The molecule has 102 valence electrons. The molecule has 0 saturated carbocycles. The van der Waals surface area contributed by atoms with Gasteiger partial charge in [-0.1, -0.05) is 29.8 Å². The van der Waals surface area contributed by atoms with E-state index in [-0.39, 0.29) is 12.1 Å². The lowest BCUT2D eigenvalue weighted by Gasteiger charge is -2.30. The van der Waals surface area contributed by atoms with Crippen LogP contribution in [-0.4, -0.2) is 24.8 Å². The topological polar surface area (TPSA) is 37.4 Å². The molecule has 2 bridgehead atoms. The first-order valence-corrected chi connectivity index (χ1v) is 8.28. The molecule has 1 fully saturated rings. The maximum atomic E-state index is 12.9. The van der Waals surface area contributed by atoms with Gasteiger partial charge in [0.1, 0.15) is 0 Å². The Balaban J connectivity index is 2.08. The van der Waals surface area contributed by atoms with E-state index in [9.17, 15) is 8.42 Å². The number of fused-ring (bicyclic) bond motifs is 2. The molecule has 0 spiro atoms. The number of hydrogen-bond donors (Lipinski definition) is 0. The minimum absolute atomic E-state index is 0.0159. The molecule has 0 N–H and O–H groups in total. The smallest absolute Gasteiger partial charge is 0.207 e. The molecule has 1 aromatic carbocycles. The van der Waals surface area contributed by atoms with Crippen LogP contribution in [-0.2, 0) is 10.0 Å². The molecule has 0 amide bonds. The van der Waals surface area contributed by atoms with Gasteiger partial charge in [-0.2, -0.15) is 4.31 Å². The Bertz CT molecular complexity index is 639. The van der Waals surface area contributed by atoms with Gasteiger partial charge in [-0.3, -0.25) is 0 Å². The van der Waals surface area contributed by atoms with Crippen molar-refractivity contribution in [1.82, 2.24) is 4.31 Å². The van der Waals surface area contributed by atoms with Crippen molar-refractivity contribution in [2.45, 2.75) is 43.2 Å². The molecule has 1 aromatic rings. The lowest BCUT2D eigenvalue weighted by molar-refractivity contribution is 0.341. The Morgan fingerprint density at radius 2 is 2.11 bits per heavy atom. The summed E-state index contributed by atoms with van der Waals surface area (Å²) in [7, 11) is -3.45. The summed E-state index contributed by atoms with van der Waals surface area (Å²) >= 11 is 5.95. The van der Waals surface area contributed by atoms with Gasteiger partial charge >= 0.3 is 0 Å². The molecule has 0 radical (unpaired) electrons. The van der Waals surface area contributed by atoms with Crippen LogP contribution >= 0.6 is 11.6 Å². The highest BCUT2D eigenvalue weighted by Gasteiger charge is 2.42. The second kappa shape index (κ2) is 4.62. The van der Waals surface area contributed by atoms with Crippen molar-refractivity contribution >= 4 is 21.6 Å². The summed E-state index contributed by atoms with van der Waals surface area (Å²) in [6.07, 6.45) is 6.78. The molecule has 2 aliphatic heterocycles. The van der Waals surface area contributed by atoms with Gasteiger partial charge in [0.25, 0.3) is 0 Å². The Hall–Kier alpha value is -0.840. The normalized spacial score (nSPS) is 26.8. The van der Waals surface area contributed by atoms with Crippen LogP contribution in [0.25, 0.3) is 0 Å². The summed E-state index contributed by atoms with van der Waals surface area (Å²) in [6.45, 7) is 1.81. The Morgan fingerprint density at radius 1 is 1.32 bits per heavy atom. The average Bonchev–Trinajstić information content (AvgIpc) is 2.64. The van der Waals surface area contributed by atoms with Crippen LogP contribution in [0.2, 0.25) is 5.02 Å². The standard InChI is InChI=1S/C14H16ClNO2S/c1-10-5-6-11(15)9-14(10)19(17,18)16-12-3-2-4-13(16)8-7-12/h2-3,5-6,9,12-13H,4,7-8H2,1H3. The molecule has 1 saturated heterocycles. The summed E-state index contributed by atoms with van der Waals surface area (Å²) in [5.41, 5.74) is 0.748. The van der Waals surface area contributed by atoms with E-state index in [1.807, 2.05) is 13.0 Å². The van der Waals surface area contributed by atoms with Crippen molar-refractivity contribution in [1.29, 1.82) is 0 Å². The molecular weight excluding hydrogens is 282 g/mol. The number of halogens is 1. The van der Waals surface area contributed by atoms with E-state index < -0.39 is 10.0 Å². The van der Waals surface area contributed by atoms with Crippen molar-refractivity contribution in [2.75, 3.05) is 0 Å². The van der Waals surface area contributed by atoms with Gasteiger partial charge in [0.2, 0.25) is 10.0 Å². The van der Waals surface area contributed by atoms with Gasteiger partial charge in [-0.15, -0.1) is 0 Å². The van der Waals surface area contributed by atoms with Gasteiger partial charge in [-0.05, 0) is 43.9 Å². The fourth-order valence-electron chi connectivity index (χ4n) is 3.02. The van der Waals surface area contributed by atoms with E-state index in [0.717, 1.165) is 24.8 Å². The molecule has 2 unspecified atom stereocenters. The highest BCUT2D eigenvalue weighted by molar-refractivity contribution is 7.89. The second-order valence-electron chi connectivity index (χ2n) is 5.21. The quantitative estimate of drug-likeness (QED) is 0.787. The van der Waals surface area contributed by atoms with Gasteiger partial charge in [0.05, 0.1) is 4.90 Å². The van der Waals surface area contributed by atoms with Crippen molar-refractivity contribution in [2.24, 2.45) is 0 Å². The fourth-order valence-corrected chi connectivity index (χ4v) is 5.35. The molecule has 2 aliphatic rings. The molecule has 5 heteroatoms. The first-order chi connectivity index (χ1) is 9.00. The SMILES string of the molecule is Cc1ccc(Cl)cc1S(=O)(=O)N1C2C=CCC1CC2.